The molecular weight excluding hydrogens is 696 g/mol. The molecule has 2 N–H and O–H groups in total. The lowest BCUT2D eigenvalue weighted by atomic mass is 9.86. The lowest BCUT2D eigenvalue weighted by molar-refractivity contribution is -0.377. The van der Waals surface area contributed by atoms with Gasteiger partial charge in [0.2, 0.25) is 0 Å². The van der Waals surface area contributed by atoms with Crippen molar-refractivity contribution >= 4 is 35.1 Å². The molecule has 51 heavy (non-hydrogen) atoms. The van der Waals surface area contributed by atoms with Crippen molar-refractivity contribution in [3.8, 4) is 11.5 Å². The van der Waals surface area contributed by atoms with E-state index < -0.39 is 29.9 Å². The second-order valence-electron chi connectivity index (χ2n) is 12.9. The van der Waals surface area contributed by atoms with E-state index in [4.69, 9.17) is 42.1 Å². The molecule has 12 heteroatoms. The number of hydrogen-bond acceptors (Lipinski definition) is 8. The van der Waals surface area contributed by atoms with E-state index in [2.05, 4.69) is 15.2 Å². The van der Waals surface area contributed by atoms with E-state index in [9.17, 15) is 14.0 Å². The number of rotatable bonds is 14. The van der Waals surface area contributed by atoms with Crippen LogP contribution in [0.15, 0.2) is 79.1 Å². The highest BCUT2D eigenvalue weighted by Crippen LogP contribution is 2.35. The number of pyridine rings is 1. The first-order chi connectivity index (χ1) is 24.7. The lowest BCUT2D eigenvalue weighted by Gasteiger charge is -2.44. The zero-order valence-corrected chi connectivity index (χ0v) is 30.0. The molecule has 2 bridgehead atoms. The molecule has 0 saturated carbocycles. The summed E-state index contributed by atoms with van der Waals surface area (Å²) in [7, 11) is 3.08. The van der Waals surface area contributed by atoms with E-state index in [1.165, 1.54) is 13.2 Å². The summed E-state index contributed by atoms with van der Waals surface area (Å²) in [6.07, 6.45) is 4.55. The highest BCUT2D eigenvalue weighted by Gasteiger charge is 2.38. The molecule has 3 fully saturated rings. The maximum atomic E-state index is 14.9. The Morgan fingerprint density at radius 1 is 0.941 bits per heavy atom. The molecule has 1 aromatic heterocycles. The number of halogens is 3. The number of piperidine rings is 3. The molecule has 4 aromatic rings. The predicted octanol–water partition coefficient (Wildman–Crippen LogP) is 6.50. The second-order valence-corrected chi connectivity index (χ2v) is 13.7. The van der Waals surface area contributed by atoms with Crippen LogP contribution in [0, 0.1) is 11.7 Å². The summed E-state index contributed by atoms with van der Waals surface area (Å²) in [4.78, 5) is 32.1. The number of H-pyrrole nitrogens is 1. The van der Waals surface area contributed by atoms with E-state index in [-0.39, 0.29) is 31.1 Å². The summed E-state index contributed by atoms with van der Waals surface area (Å²) in [5.74, 6) is -0.0532. The summed E-state index contributed by atoms with van der Waals surface area (Å²) in [6.45, 7) is 3.04. The van der Waals surface area contributed by atoms with Gasteiger partial charge in [-0.3, -0.25) is 15.0 Å². The number of nitrogens with zero attached hydrogens (tertiary/aromatic N) is 1. The minimum absolute atomic E-state index is 0.00524. The number of carbonyl (C=O) groups is 2. The Hall–Kier alpha value is -4.22. The normalized spacial score (nSPS) is 19.2. The van der Waals surface area contributed by atoms with Crippen molar-refractivity contribution in [2.24, 2.45) is 5.92 Å². The fourth-order valence-corrected chi connectivity index (χ4v) is 7.32. The number of aromatic amines is 1. The summed E-state index contributed by atoms with van der Waals surface area (Å²) in [5, 5.41) is 4.05. The summed E-state index contributed by atoms with van der Waals surface area (Å²) < 4.78 is 37.8. The number of carbonyl (C=O) groups excluding carboxylic acids is 2. The average Bonchev–Trinajstić information content (AvgIpc) is 3.14. The van der Waals surface area contributed by atoms with Crippen LogP contribution in [0.5, 0.6) is 11.5 Å². The fourth-order valence-electron chi connectivity index (χ4n) is 6.79. The van der Waals surface area contributed by atoms with Gasteiger partial charge < -0.3 is 18.9 Å². The topological polar surface area (TPSA) is 100 Å². The maximum Gasteiger partial charge on any atom is 0.328 e. The van der Waals surface area contributed by atoms with Crippen molar-refractivity contribution < 1.29 is 37.9 Å². The molecule has 7 rings (SSSR count). The third-order valence-corrected chi connectivity index (χ3v) is 10.3. The number of ether oxygens (including phenoxy) is 4. The number of methoxy groups -OCH3 is 2. The number of benzene rings is 3. The number of fused-ring (bicyclic) bond motifs is 3. The standard InChI is InChI=1S/C39H40Cl2FN3O6/c1-48-33-12-11-27(18-35(33)49-2)34(19-29-30(40)21-43-22-31(29)41)50-37(46)17-24-7-9-25(10-8-24)20-44-38(28-5-3-4-6-32(28)42)39(47)51-36-23-45-15-13-26(36)14-16-45/h3-12,18,21-22,26,34,36,38,44H,13-17,19-20,23H2,1-2H3/p+1/t34-,36-,38?/m0/s1. The van der Waals surface area contributed by atoms with Gasteiger partial charge in [0, 0.05) is 30.6 Å². The van der Waals surface area contributed by atoms with Crippen LogP contribution < -0.4 is 19.8 Å². The van der Waals surface area contributed by atoms with Crippen LogP contribution in [0.4, 0.5) is 4.39 Å². The summed E-state index contributed by atoms with van der Waals surface area (Å²) in [6, 6.07) is 18.0. The average molecular weight is 738 g/mol. The van der Waals surface area contributed by atoms with Crippen molar-refractivity contribution in [1.29, 1.82) is 0 Å². The molecule has 3 aliphatic heterocycles. The Morgan fingerprint density at radius 2 is 1.63 bits per heavy atom. The van der Waals surface area contributed by atoms with Crippen LogP contribution >= 0.6 is 23.2 Å². The maximum absolute atomic E-state index is 14.9. The SMILES string of the molecule is COc1ccc([C@H](Cc2c(Cl)c[nH+]cc2Cl)OC(=O)Cc2ccc(CNC(C(=O)O[C@H]3CN4CCC3CC4)c3ccccc3F)cc2)cc1OC. The van der Waals surface area contributed by atoms with Crippen molar-refractivity contribution in [2.45, 2.75) is 50.5 Å². The zero-order valence-electron chi connectivity index (χ0n) is 28.5. The minimum atomic E-state index is -0.977. The van der Waals surface area contributed by atoms with Crippen molar-refractivity contribution in [1.82, 2.24) is 10.2 Å². The third-order valence-electron chi connectivity index (χ3n) is 9.64. The first-order valence-corrected chi connectivity index (χ1v) is 17.7. The van der Waals surface area contributed by atoms with Gasteiger partial charge in [0.05, 0.1) is 20.6 Å². The van der Waals surface area contributed by atoms with Crippen LogP contribution in [-0.2, 0) is 38.4 Å². The Balaban J connectivity index is 1.12. The first-order valence-electron chi connectivity index (χ1n) is 17.0. The molecular formula is C39H41Cl2FN3O6+. The number of nitrogens with one attached hydrogen (secondary N) is 2. The molecule has 1 unspecified atom stereocenters. The largest absolute Gasteiger partial charge is 0.493 e. The van der Waals surface area contributed by atoms with Gasteiger partial charge in [0.25, 0.3) is 0 Å². The Bertz CT molecular complexity index is 1820. The molecule has 0 radical (unpaired) electrons. The predicted molar refractivity (Wildman–Crippen MR) is 190 cm³/mol. The molecule has 0 aliphatic carbocycles. The summed E-state index contributed by atoms with van der Waals surface area (Å²) in [5.41, 5.74) is 3.12. The first kappa shape index (κ1) is 36.6. The molecule has 4 heterocycles. The monoisotopic (exact) mass is 736 g/mol. The molecule has 3 atom stereocenters. The molecule has 3 saturated heterocycles. The van der Waals surface area contributed by atoms with E-state index in [0.717, 1.165) is 37.1 Å². The van der Waals surface area contributed by atoms with Crippen LogP contribution in [0.3, 0.4) is 0 Å². The molecule has 9 nitrogen and oxygen atoms in total. The van der Waals surface area contributed by atoms with Gasteiger partial charge in [-0.1, -0.05) is 71.7 Å². The van der Waals surface area contributed by atoms with Crippen LogP contribution in [0.1, 0.15) is 52.8 Å². The van der Waals surface area contributed by atoms with Crippen LogP contribution in [0.25, 0.3) is 0 Å². The van der Waals surface area contributed by atoms with E-state index in [0.29, 0.717) is 45.1 Å². The fraction of sp³-hybridized carbons (Fsp3) is 0.359. The van der Waals surface area contributed by atoms with E-state index in [1.807, 2.05) is 24.3 Å². The van der Waals surface area contributed by atoms with Gasteiger partial charge in [-0.05, 0) is 66.7 Å². The van der Waals surface area contributed by atoms with Crippen LogP contribution in [-0.4, -0.2) is 56.8 Å². The van der Waals surface area contributed by atoms with Crippen molar-refractivity contribution in [3.05, 3.63) is 123 Å². The lowest BCUT2D eigenvalue weighted by Crippen LogP contribution is -2.52. The smallest absolute Gasteiger partial charge is 0.328 e. The number of esters is 2. The number of hydrogen-bond donors (Lipinski definition) is 1. The number of aromatic nitrogens is 1. The van der Waals surface area contributed by atoms with Crippen molar-refractivity contribution in [2.75, 3.05) is 33.9 Å². The molecule has 3 aliphatic rings. The van der Waals surface area contributed by atoms with Gasteiger partial charge in [0.1, 0.15) is 34.1 Å². The second kappa shape index (κ2) is 16.9. The van der Waals surface area contributed by atoms with Crippen molar-refractivity contribution in [3.63, 3.8) is 0 Å². The minimum Gasteiger partial charge on any atom is -0.493 e. The molecule has 268 valence electrons. The molecule has 3 aromatic carbocycles. The summed E-state index contributed by atoms with van der Waals surface area (Å²) >= 11 is 12.9. The Labute approximate surface area is 307 Å². The van der Waals surface area contributed by atoms with Gasteiger partial charge in [-0.25, -0.2) is 14.2 Å². The molecule has 0 spiro atoms. The van der Waals surface area contributed by atoms with Gasteiger partial charge >= 0.3 is 11.9 Å². The van der Waals surface area contributed by atoms with E-state index in [1.54, 1.807) is 55.9 Å². The zero-order chi connectivity index (χ0) is 35.9. The van der Waals surface area contributed by atoms with Gasteiger partial charge in [-0.2, -0.15) is 0 Å². The highest BCUT2D eigenvalue weighted by molar-refractivity contribution is 6.35. The molecule has 0 amide bonds. The Morgan fingerprint density at radius 3 is 2.27 bits per heavy atom. The van der Waals surface area contributed by atoms with Gasteiger partial charge in [0.15, 0.2) is 23.9 Å². The third kappa shape index (κ3) is 8.99. The van der Waals surface area contributed by atoms with E-state index >= 15 is 0 Å². The highest BCUT2D eigenvalue weighted by atomic mass is 35.5. The Kier molecular flexibility index (Phi) is 12.1. The van der Waals surface area contributed by atoms with Gasteiger partial charge in [-0.15, -0.1) is 0 Å². The van der Waals surface area contributed by atoms with Crippen LogP contribution in [0.2, 0.25) is 10.0 Å². The quantitative estimate of drug-likeness (QED) is 0.147.